The van der Waals surface area contributed by atoms with Crippen molar-refractivity contribution < 1.29 is 27.9 Å². The van der Waals surface area contributed by atoms with Gasteiger partial charge < -0.3 is 25.3 Å². The van der Waals surface area contributed by atoms with Crippen LogP contribution in [0.5, 0.6) is 0 Å². The number of hydrogen-bond acceptors (Lipinski definition) is 8. The van der Waals surface area contributed by atoms with Gasteiger partial charge in [0.1, 0.15) is 28.2 Å². The first-order valence-electron chi connectivity index (χ1n) is 17.0. The largest absolute Gasteiger partial charge is 0.462 e. The molecular formula is C39H28Cl2F2N6O4S2. The van der Waals surface area contributed by atoms with E-state index in [0.717, 1.165) is 16.2 Å². The van der Waals surface area contributed by atoms with E-state index in [1.807, 2.05) is 16.1 Å². The smallest absolute Gasteiger partial charge is 0.349 e. The summed E-state index contributed by atoms with van der Waals surface area (Å²) in [5.41, 5.74) is 14.7. The highest BCUT2D eigenvalue weighted by Crippen LogP contribution is 2.46. The molecule has 0 unspecified atom stereocenters. The minimum absolute atomic E-state index is 0.0694. The van der Waals surface area contributed by atoms with Gasteiger partial charge in [-0.1, -0.05) is 30.1 Å². The zero-order valence-electron chi connectivity index (χ0n) is 29.0. The molecule has 10 nitrogen and oxygen atoms in total. The Morgan fingerprint density at radius 3 is 1.71 bits per heavy atom. The standard InChI is InChI=1S/C39H28Cl2F2N6O4S2/c1-3-27-30(28-19(40)7-9-21(42)32(28)54-27)37-46-23-15-17(35(44)50)5-11-25(23)48(37)13-14-49-26-12-6-18(36(45)51)16-24(26)47-38(49)31-29-20(41)8-10-22(43)33(29)55-34(31)39(52)53-4-2/h5-12,15-16H,3-4,13-14H2,1-2H3,(H2,44,50)(H2,45,51). The molecule has 0 atom stereocenters. The third kappa shape index (κ3) is 6.00. The molecule has 278 valence electrons. The molecule has 2 amide bonds. The number of halogens is 4. The molecule has 8 aromatic rings. The van der Waals surface area contributed by atoms with Gasteiger partial charge in [0.2, 0.25) is 11.8 Å². The lowest BCUT2D eigenvalue weighted by Gasteiger charge is -2.15. The van der Waals surface area contributed by atoms with E-state index in [1.165, 1.54) is 35.6 Å². The maximum absolute atomic E-state index is 15.4. The molecule has 0 saturated heterocycles. The Kier molecular flexibility index (Phi) is 9.32. The van der Waals surface area contributed by atoms with Crippen LogP contribution in [0.4, 0.5) is 8.78 Å². The van der Waals surface area contributed by atoms with Crippen LogP contribution in [-0.2, 0) is 24.2 Å². The van der Waals surface area contributed by atoms with Crippen molar-refractivity contribution in [1.82, 2.24) is 19.1 Å². The predicted octanol–water partition coefficient (Wildman–Crippen LogP) is 9.37. The lowest BCUT2D eigenvalue weighted by Crippen LogP contribution is -2.12. The number of esters is 1. The number of nitrogens with two attached hydrogens (primary N) is 2. The summed E-state index contributed by atoms with van der Waals surface area (Å²) in [5, 5.41) is 1.35. The fraction of sp³-hybridized carbons (Fsp3) is 0.154. The van der Waals surface area contributed by atoms with Gasteiger partial charge >= 0.3 is 5.97 Å². The molecule has 0 aliphatic rings. The highest BCUT2D eigenvalue weighted by molar-refractivity contribution is 7.21. The van der Waals surface area contributed by atoms with Gasteiger partial charge in [0.05, 0.1) is 53.7 Å². The zero-order chi connectivity index (χ0) is 38.9. The Balaban J connectivity index is 1.39. The third-order valence-corrected chi connectivity index (χ3v) is 12.5. The number of hydrogen-bond donors (Lipinski definition) is 2. The van der Waals surface area contributed by atoms with Gasteiger partial charge in [-0.2, -0.15) is 0 Å². The van der Waals surface area contributed by atoms with Crippen molar-refractivity contribution in [3.63, 3.8) is 0 Å². The molecule has 4 N–H and O–H groups in total. The van der Waals surface area contributed by atoms with E-state index >= 15 is 8.78 Å². The van der Waals surface area contributed by atoms with Gasteiger partial charge in [-0.15, -0.1) is 22.7 Å². The Bertz CT molecular complexity index is 2930. The van der Waals surface area contributed by atoms with E-state index in [1.54, 1.807) is 43.3 Å². The maximum Gasteiger partial charge on any atom is 0.349 e. The SMILES string of the molecule is CCOC(=O)c1sc2c(F)ccc(Cl)c2c1-c1nc2cc(C(N)=O)ccc2n1CCn1c(-c2c(CC)sc3c(F)ccc(Cl)c23)nc2cc(C(N)=O)ccc21. The fourth-order valence-electron chi connectivity index (χ4n) is 6.95. The molecule has 8 rings (SSSR count). The highest BCUT2D eigenvalue weighted by Gasteiger charge is 2.30. The molecular weight excluding hydrogens is 790 g/mol. The number of amides is 2. The first-order valence-corrected chi connectivity index (χ1v) is 19.4. The number of aromatic nitrogens is 4. The van der Waals surface area contributed by atoms with Crippen LogP contribution in [0, 0.1) is 11.6 Å². The molecule has 0 bridgehead atoms. The van der Waals surface area contributed by atoms with Crippen LogP contribution >= 0.6 is 45.9 Å². The lowest BCUT2D eigenvalue weighted by atomic mass is 10.1. The van der Waals surface area contributed by atoms with Crippen LogP contribution in [0.25, 0.3) is 65.0 Å². The number of benzene rings is 4. The fourth-order valence-corrected chi connectivity index (χ4v) is 9.86. The maximum atomic E-state index is 15.4. The minimum Gasteiger partial charge on any atom is -0.462 e. The second-order valence-corrected chi connectivity index (χ2v) is 15.5. The van der Waals surface area contributed by atoms with Crippen molar-refractivity contribution >= 4 is 106 Å². The summed E-state index contributed by atoms with van der Waals surface area (Å²) in [6, 6.07) is 15.3. The number of fused-ring (bicyclic) bond motifs is 4. The van der Waals surface area contributed by atoms with Crippen LogP contribution < -0.4 is 11.5 Å². The highest BCUT2D eigenvalue weighted by atomic mass is 35.5. The van der Waals surface area contributed by atoms with Crippen molar-refractivity contribution in [1.29, 1.82) is 0 Å². The van der Waals surface area contributed by atoms with Crippen LogP contribution in [-0.4, -0.2) is 43.5 Å². The van der Waals surface area contributed by atoms with Crippen LogP contribution in [0.3, 0.4) is 0 Å². The normalized spacial score (nSPS) is 11.7. The number of aryl methyl sites for hydroxylation is 3. The zero-order valence-corrected chi connectivity index (χ0v) is 32.2. The Morgan fingerprint density at radius 1 is 0.727 bits per heavy atom. The van der Waals surface area contributed by atoms with Gasteiger partial charge in [0.15, 0.2) is 0 Å². The molecule has 0 aliphatic carbocycles. The number of carbonyl (C=O) groups excluding carboxylic acids is 3. The first-order chi connectivity index (χ1) is 26.4. The summed E-state index contributed by atoms with van der Waals surface area (Å²) >= 11 is 15.7. The van der Waals surface area contributed by atoms with E-state index < -0.39 is 29.4 Å². The molecule has 0 aliphatic heterocycles. The number of primary amides is 2. The van der Waals surface area contributed by atoms with Crippen LogP contribution in [0.15, 0.2) is 60.7 Å². The average molecular weight is 818 g/mol. The number of imidazole rings is 2. The van der Waals surface area contributed by atoms with Gasteiger partial charge in [-0.25, -0.2) is 23.5 Å². The Labute approximate surface area is 328 Å². The summed E-state index contributed by atoms with van der Waals surface area (Å²) in [6.07, 6.45) is 0.553. The summed E-state index contributed by atoms with van der Waals surface area (Å²) in [5.74, 6) is -2.21. The molecule has 16 heteroatoms. The Hall–Kier alpha value is -5.41. The number of ether oxygens (including phenoxy) is 1. The summed E-state index contributed by atoms with van der Waals surface area (Å²) in [4.78, 5) is 48.8. The first kappa shape index (κ1) is 36.6. The molecule has 55 heavy (non-hydrogen) atoms. The minimum atomic E-state index is -0.681. The van der Waals surface area contributed by atoms with Crippen molar-refractivity contribution in [2.24, 2.45) is 11.5 Å². The second kappa shape index (κ2) is 14.0. The van der Waals surface area contributed by atoms with Gasteiger partial charge in [-0.3, -0.25) is 9.59 Å². The van der Waals surface area contributed by atoms with E-state index in [9.17, 15) is 14.4 Å². The van der Waals surface area contributed by atoms with E-state index in [4.69, 9.17) is 49.4 Å². The number of thiophene rings is 2. The summed E-state index contributed by atoms with van der Waals surface area (Å²) in [6.45, 7) is 4.09. The second-order valence-electron chi connectivity index (χ2n) is 12.6. The monoisotopic (exact) mass is 816 g/mol. The summed E-state index contributed by atoms with van der Waals surface area (Å²) < 4.78 is 40.4. The van der Waals surface area contributed by atoms with Gasteiger partial charge in [-0.05, 0) is 74.0 Å². The van der Waals surface area contributed by atoms with E-state index in [-0.39, 0.29) is 62.2 Å². The third-order valence-electron chi connectivity index (χ3n) is 9.39. The molecule has 4 aromatic carbocycles. The van der Waals surface area contributed by atoms with Crippen LogP contribution in [0.2, 0.25) is 10.0 Å². The van der Waals surface area contributed by atoms with Crippen LogP contribution in [0.1, 0.15) is 49.1 Å². The van der Waals surface area contributed by atoms with Crippen molar-refractivity contribution in [3.8, 4) is 22.8 Å². The molecule has 0 saturated carbocycles. The van der Waals surface area contributed by atoms with Crippen molar-refractivity contribution in [2.45, 2.75) is 33.4 Å². The van der Waals surface area contributed by atoms with Crippen molar-refractivity contribution in [2.75, 3.05) is 6.61 Å². The quantitative estimate of drug-likeness (QED) is 0.132. The average Bonchev–Trinajstić information content (AvgIpc) is 3.93. The lowest BCUT2D eigenvalue weighted by molar-refractivity contribution is 0.0532. The Morgan fingerprint density at radius 2 is 1.22 bits per heavy atom. The van der Waals surface area contributed by atoms with Gasteiger partial charge in [0, 0.05) is 45.4 Å². The topological polar surface area (TPSA) is 148 Å². The number of carbonyl (C=O) groups is 3. The van der Waals surface area contributed by atoms with E-state index in [2.05, 4.69) is 0 Å². The molecule has 0 fully saturated rings. The molecule has 0 spiro atoms. The van der Waals surface area contributed by atoms with Gasteiger partial charge in [0.25, 0.3) is 0 Å². The summed E-state index contributed by atoms with van der Waals surface area (Å²) in [7, 11) is 0. The number of rotatable bonds is 10. The molecule has 0 radical (unpaired) electrons. The van der Waals surface area contributed by atoms with E-state index in [0.29, 0.717) is 55.0 Å². The molecule has 4 heterocycles. The molecule has 4 aromatic heterocycles. The van der Waals surface area contributed by atoms with Crippen molar-refractivity contribution in [3.05, 3.63) is 103 Å². The number of nitrogens with zero attached hydrogens (tertiary/aromatic N) is 4. The predicted molar refractivity (Wildman–Crippen MR) is 213 cm³/mol.